The molecular weight excluding hydrogens is 484 g/mol. The van der Waals surface area contributed by atoms with Crippen LogP contribution in [0.5, 0.6) is 0 Å². The van der Waals surface area contributed by atoms with Crippen LogP contribution >= 0.6 is 0 Å². The summed E-state index contributed by atoms with van der Waals surface area (Å²) >= 11 is 0. The SMILES string of the molecule is CCCCCCCCCCCCCCCOC(=O)CCC(OCCCCCCCC)OCCCCCCCC. The Morgan fingerprint density at radius 3 is 1.10 bits per heavy atom. The average molecular weight is 555 g/mol. The number of esters is 1. The van der Waals surface area contributed by atoms with E-state index in [1.807, 2.05) is 0 Å². The molecule has 0 saturated carbocycles. The fourth-order valence-electron chi connectivity index (χ4n) is 5.02. The van der Waals surface area contributed by atoms with Gasteiger partial charge in [-0.1, -0.05) is 162 Å². The second kappa shape index (κ2) is 33.6. The third-order valence-corrected chi connectivity index (χ3v) is 7.70. The van der Waals surface area contributed by atoms with E-state index in [1.54, 1.807) is 0 Å². The Hall–Kier alpha value is -0.610. The van der Waals surface area contributed by atoms with Crippen LogP contribution in [0, 0.1) is 0 Å². The van der Waals surface area contributed by atoms with Crippen molar-refractivity contribution in [1.82, 2.24) is 0 Å². The Morgan fingerprint density at radius 2 is 0.744 bits per heavy atom. The smallest absolute Gasteiger partial charge is 0.305 e. The van der Waals surface area contributed by atoms with Gasteiger partial charge in [0.1, 0.15) is 0 Å². The Labute approximate surface area is 245 Å². The molecule has 0 amide bonds. The van der Waals surface area contributed by atoms with Gasteiger partial charge in [-0.3, -0.25) is 4.79 Å². The quantitative estimate of drug-likeness (QED) is 0.0459. The zero-order chi connectivity index (χ0) is 28.5. The molecule has 0 unspecified atom stereocenters. The lowest BCUT2D eigenvalue weighted by atomic mass is 10.0. The molecule has 4 heteroatoms. The number of ether oxygens (including phenoxy) is 3. The van der Waals surface area contributed by atoms with Crippen LogP contribution in [0.4, 0.5) is 0 Å². The van der Waals surface area contributed by atoms with Crippen LogP contribution < -0.4 is 0 Å². The van der Waals surface area contributed by atoms with Gasteiger partial charge in [0.05, 0.1) is 13.0 Å². The summed E-state index contributed by atoms with van der Waals surface area (Å²) in [6, 6.07) is 0. The number of hydrogen-bond donors (Lipinski definition) is 0. The highest BCUT2D eigenvalue weighted by molar-refractivity contribution is 5.69. The van der Waals surface area contributed by atoms with E-state index in [0.717, 1.165) is 38.9 Å². The molecule has 4 nitrogen and oxygen atoms in total. The summed E-state index contributed by atoms with van der Waals surface area (Å²) in [7, 11) is 0. The fourth-order valence-corrected chi connectivity index (χ4v) is 5.02. The van der Waals surface area contributed by atoms with E-state index in [4.69, 9.17) is 14.2 Å². The van der Waals surface area contributed by atoms with Gasteiger partial charge in [-0.2, -0.15) is 0 Å². The van der Waals surface area contributed by atoms with Crippen LogP contribution in [-0.2, 0) is 19.0 Å². The largest absolute Gasteiger partial charge is 0.466 e. The molecule has 0 fully saturated rings. The predicted molar refractivity (Wildman–Crippen MR) is 168 cm³/mol. The van der Waals surface area contributed by atoms with Crippen LogP contribution in [0.15, 0.2) is 0 Å². The Balaban J connectivity index is 3.83. The van der Waals surface area contributed by atoms with E-state index in [-0.39, 0.29) is 12.3 Å². The average Bonchev–Trinajstić information content (AvgIpc) is 2.94. The Kier molecular flexibility index (Phi) is 33.1. The minimum Gasteiger partial charge on any atom is -0.466 e. The van der Waals surface area contributed by atoms with Crippen LogP contribution in [0.1, 0.15) is 194 Å². The highest BCUT2D eigenvalue weighted by Gasteiger charge is 2.13. The van der Waals surface area contributed by atoms with Crippen molar-refractivity contribution in [3.8, 4) is 0 Å². The maximum absolute atomic E-state index is 12.3. The molecule has 0 atom stereocenters. The van der Waals surface area contributed by atoms with Gasteiger partial charge in [-0.25, -0.2) is 0 Å². The molecule has 0 aliphatic carbocycles. The summed E-state index contributed by atoms with van der Waals surface area (Å²) in [5.74, 6) is -0.106. The van der Waals surface area contributed by atoms with Gasteiger partial charge in [0.2, 0.25) is 0 Å². The van der Waals surface area contributed by atoms with E-state index >= 15 is 0 Å². The second-order valence-electron chi connectivity index (χ2n) is 11.7. The summed E-state index contributed by atoms with van der Waals surface area (Å²) in [6.45, 7) is 8.78. The van der Waals surface area contributed by atoms with Crippen molar-refractivity contribution >= 4 is 5.97 Å². The van der Waals surface area contributed by atoms with Crippen LogP contribution in [0.3, 0.4) is 0 Å². The van der Waals surface area contributed by atoms with Gasteiger partial charge in [0.25, 0.3) is 0 Å². The second-order valence-corrected chi connectivity index (χ2v) is 11.7. The van der Waals surface area contributed by atoms with Crippen molar-refractivity contribution in [2.45, 2.75) is 200 Å². The maximum Gasteiger partial charge on any atom is 0.305 e. The van der Waals surface area contributed by atoms with Gasteiger partial charge < -0.3 is 14.2 Å². The number of carbonyl (C=O) groups excluding carboxylic acids is 1. The lowest BCUT2D eigenvalue weighted by Crippen LogP contribution is -2.21. The number of rotatable bonds is 33. The standard InChI is InChI=1S/C35H70O4/c1-4-7-10-13-16-17-18-19-20-21-22-25-26-31-37-34(36)29-30-35(38-32-27-23-14-11-8-5-2)39-33-28-24-15-12-9-6-3/h35H,4-33H2,1-3H3. The predicted octanol–water partition coefficient (Wildman–Crippen LogP) is 11.5. The molecule has 0 bridgehead atoms. The van der Waals surface area contributed by atoms with E-state index in [2.05, 4.69) is 20.8 Å². The van der Waals surface area contributed by atoms with Crippen LogP contribution in [0.2, 0.25) is 0 Å². The number of unbranched alkanes of at least 4 members (excludes halogenated alkanes) is 22. The summed E-state index contributed by atoms with van der Waals surface area (Å²) in [4.78, 5) is 12.3. The molecule has 0 N–H and O–H groups in total. The van der Waals surface area contributed by atoms with Crippen molar-refractivity contribution < 1.29 is 19.0 Å². The lowest BCUT2D eigenvalue weighted by Gasteiger charge is -2.18. The van der Waals surface area contributed by atoms with E-state index in [9.17, 15) is 4.79 Å². The van der Waals surface area contributed by atoms with Crippen LogP contribution in [0.25, 0.3) is 0 Å². The van der Waals surface area contributed by atoms with Crippen molar-refractivity contribution in [1.29, 1.82) is 0 Å². The van der Waals surface area contributed by atoms with Gasteiger partial charge in [-0.15, -0.1) is 0 Å². The van der Waals surface area contributed by atoms with E-state index in [1.165, 1.54) is 135 Å². The van der Waals surface area contributed by atoms with E-state index < -0.39 is 0 Å². The molecule has 39 heavy (non-hydrogen) atoms. The third kappa shape index (κ3) is 31.8. The molecule has 0 spiro atoms. The maximum atomic E-state index is 12.3. The molecule has 0 rings (SSSR count). The van der Waals surface area contributed by atoms with Gasteiger partial charge in [0.15, 0.2) is 6.29 Å². The van der Waals surface area contributed by atoms with Crippen molar-refractivity contribution in [2.75, 3.05) is 19.8 Å². The van der Waals surface area contributed by atoms with E-state index in [0.29, 0.717) is 19.4 Å². The lowest BCUT2D eigenvalue weighted by molar-refractivity contribution is -0.159. The zero-order valence-corrected chi connectivity index (χ0v) is 26.9. The molecule has 234 valence electrons. The summed E-state index contributed by atoms with van der Waals surface area (Å²) < 4.78 is 17.6. The highest BCUT2D eigenvalue weighted by atomic mass is 16.7. The van der Waals surface area contributed by atoms with Crippen molar-refractivity contribution in [3.63, 3.8) is 0 Å². The topological polar surface area (TPSA) is 44.8 Å². The molecule has 0 saturated heterocycles. The first-order valence-corrected chi connectivity index (χ1v) is 17.6. The summed E-state index contributed by atoms with van der Waals surface area (Å²) in [5.41, 5.74) is 0. The molecule has 0 aliphatic heterocycles. The fraction of sp³-hybridized carbons (Fsp3) is 0.971. The van der Waals surface area contributed by atoms with Crippen molar-refractivity contribution in [3.05, 3.63) is 0 Å². The zero-order valence-electron chi connectivity index (χ0n) is 26.9. The first-order valence-electron chi connectivity index (χ1n) is 17.6. The monoisotopic (exact) mass is 555 g/mol. The highest BCUT2D eigenvalue weighted by Crippen LogP contribution is 2.14. The molecule has 0 aromatic heterocycles. The number of carbonyl (C=O) groups is 1. The molecule has 0 radical (unpaired) electrons. The van der Waals surface area contributed by atoms with Crippen LogP contribution in [-0.4, -0.2) is 32.1 Å². The normalized spacial score (nSPS) is 11.5. The molecule has 0 heterocycles. The van der Waals surface area contributed by atoms with Gasteiger partial charge in [0, 0.05) is 19.6 Å². The Morgan fingerprint density at radius 1 is 0.436 bits per heavy atom. The van der Waals surface area contributed by atoms with Gasteiger partial charge >= 0.3 is 5.97 Å². The summed E-state index contributed by atoms with van der Waals surface area (Å²) in [6.07, 6.45) is 33.0. The third-order valence-electron chi connectivity index (χ3n) is 7.70. The minimum absolute atomic E-state index is 0.106. The van der Waals surface area contributed by atoms with Gasteiger partial charge in [-0.05, 0) is 19.3 Å². The first-order chi connectivity index (χ1) is 19.2. The molecule has 0 aromatic rings. The molecular formula is C35H70O4. The minimum atomic E-state index is -0.278. The first kappa shape index (κ1) is 38.4. The molecule has 0 aliphatic rings. The van der Waals surface area contributed by atoms with Crippen molar-refractivity contribution in [2.24, 2.45) is 0 Å². The number of hydrogen-bond acceptors (Lipinski definition) is 4. The Bertz CT molecular complexity index is 450. The molecule has 0 aromatic carbocycles. The summed E-state index contributed by atoms with van der Waals surface area (Å²) in [5, 5.41) is 0.